The Bertz CT molecular complexity index is 808. The molecule has 0 unspecified atom stereocenters. The van der Waals surface area contributed by atoms with E-state index >= 15 is 0 Å². The van der Waals surface area contributed by atoms with E-state index < -0.39 is 12.0 Å². The molecule has 1 aromatic carbocycles. The van der Waals surface area contributed by atoms with Crippen molar-refractivity contribution in [1.82, 2.24) is 15.5 Å². The number of hydrogen-bond donors (Lipinski definition) is 2. The number of urea groups is 1. The normalized spacial score (nSPS) is 22.1. The lowest BCUT2D eigenvalue weighted by Crippen LogP contribution is -2.50. The molecule has 2 atom stereocenters. The SMILES string of the molecule is CCOC(=O)C1=C(CN2CCC[C@H](C(=O)OCC)C2)NC(=O)N[C@@H]1c1ccccc1. The molecule has 8 nitrogen and oxygen atoms in total. The molecule has 0 bridgehead atoms. The number of likely N-dealkylation sites (tertiary alicyclic amines) is 1. The summed E-state index contributed by atoms with van der Waals surface area (Å²) in [4.78, 5) is 39.5. The Kier molecular flexibility index (Phi) is 7.46. The Morgan fingerprint density at radius 1 is 1.13 bits per heavy atom. The van der Waals surface area contributed by atoms with Crippen molar-refractivity contribution in [2.75, 3.05) is 32.8 Å². The number of carbonyl (C=O) groups excluding carboxylic acids is 3. The molecule has 162 valence electrons. The smallest absolute Gasteiger partial charge is 0.338 e. The van der Waals surface area contributed by atoms with Crippen LogP contribution < -0.4 is 10.6 Å². The molecule has 1 saturated heterocycles. The standard InChI is InChI=1S/C22H29N3O5/c1-3-29-20(26)16-11-8-12-25(13-16)14-17-18(21(27)30-4-2)19(24-22(28)23-17)15-9-6-5-7-10-15/h5-7,9-10,16,19H,3-4,8,11-14H2,1-2H3,(H2,23,24,28)/t16-,19+/m0/s1. The summed E-state index contributed by atoms with van der Waals surface area (Å²) in [5.74, 6) is -0.862. The number of hydrogen-bond acceptors (Lipinski definition) is 6. The molecule has 2 amide bonds. The second-order valence-electron chi connectivity index (χ2n) is 7.38. The van der Waals surface area contributed by atoms with Gasteiger partial charge in [0.15, 0.2) is 0 Å². The predicted molar refractivity (Wildman–Crippen MR) is 110 cm³/mol. The molecule has 0 spiro atoms. The quantitative estimate of drug-likeness (QED) is 0.663. The van der Waals surface area contributed by atoms with E-state index in [1.807, 2.05) is 30.3 Å². The number of benzene rings is 1. The third kappa shape index (κ3) is 5.18. The van der Waals surface area contributed by atoms with Gasteiger partial charge in [0.1, 0.15) is 0 Å². The van der Waals surface area contributed by atoms with Crippen molar-refractivity contribution in [2.45, 2.75) is 32.7 Å². The van der Waals surface area contributed by atoms with E-state index in [9.17, 15) is 14.4 Å². The zero-order valence-electron chi connectivity index (χ0n) is 17.5. The van der Waals surface area contributed by atoms with Crippen LogP contribution in [0.15, 0.2) is 41.6 Å². The molecule has 8 heteroatoms. The maximum absolute atomic E-state index is 12.8. The molecule has 2 heterocycles. The molecule has 2 aliphatic rings. The van der Waals surface area contributed by atoms with Crippen molar-refractivity contribution in [1.29, 1.82) is 0 Å². The molecule has 30 heavy (non-hydrogen) atoms. The fourth-order valence-corrected chi connectivity index (χ4v) is 3.96. The summed E-state index contributed by atoms with van der Waals surface area (Å²) in [5.41, 5.74) is 1.70. The molecular weight excluding hydrogens is 386 g/mol. The summed E-state index contributed by atoms with van der Waals surface area (Å²) in [6.07, 6.45) is 1.62. The Morgan fingerprint density at radius 2 is 1.87 bits per heavy atom. The predicted octanol–water partition coefficient (Wildman–Crippen LogP) is 2.13. The Labute approximate surface area is 176 Å². The van der Waals surface area contributed by atoms with E-state index in [1.54, 1.807) is 13.8 Å². The minimum atomic E-state index is -0.598. The fraction of sp³-hybridized carbons (Fsp3) is 0.500. The number of rotatable bonds is 7. The van der Waals surface area contributed by atoms with E-state index in [-0.39, 0.29) is 24.5 Å². The second kappa shape index (κ2) is 10.2. The van der Waals surface area contributed by atoms with Crippen LogP contribution in [0.3, 0.4) is 0 Å². The van der Waals surface area contributed by atoms with Crippen LogP contribution >= 0.6 is 0 Å². The van der Waals surface area contributed by atoms with E-state index in [4.69, 9.17) is 9.47 Å². The Hall–Kier alpha value is -2.87. The molecule has 1 fully saturated rings. The van der Waals surface area contributed by atoms with Crippen molar-refractivity contribution in [3.05, 3.63) is 47.2 Å². The second-order valence-corrected chi connectivity index (χ2v) is 7.38. The molecule has 0 aromatic heterocycles. The highest BCUT2D eigenvalue weighted by atomic mass is 16.5. The molecule has 2 aliphatic heterocycles. The van der Waals surface area contributed by atoms with Gasteiger partial charge in [0.2, 0.25) is 0 Å². The van der Waals surface area contributed by atoms with Crippen LogP contribution in [0.2, 0.25) is 0 Å². The van der Waals surface area contributed by atoms with Gasteiger partial charge in [-0.25, -0.2) is 9.59 Å². The highest BCUT2D eigenvalue weighted by molar-refractivity contribution is 5.95. The summed E-state index contributed by atoms with van der Waals surface area (Å²) in [5, 5.41) is 5.62. The maximum atomic E-state index is 12.8. The van der Waals surface area contributed by atoms with Gasteiger partial charge in [0.05, 0.1) is 30.7 Å². The van der Waals surface area contributed by atoms with Gasteiger partial charge in [-0.05, 0) is 38.8 Å². The van der Waals surface area contributed by atoms with Gasteiger partial charge in [-0.1, -0.05) is 30.3 Å². The van der Waals surface area contributed by atoms with Crippen molar-refractivity contribution in [3.8, 4) is 0 Å². The first-order chi connectivity index (χ1) is 14.5. The van der Waals surface area contributed by atoms with Crippen LogP contribution in [0.5, 0.6) is 0 Å². The Balaban J connectivity index is 1.88. The summed E-state index contributed by atoms with van der Waals surface area (Å²) in [7, 11) is 0. The van der Waals surface area contributed by atoms with Crippen LogP contribution in [-0.2, 0) is 19.1 Å². The Morgan fingerprint density at radius 3 is 2.57 bits per heavy atom. The van der Waals surface area contributed by atoms with Crippen LogP contribution in [-0.4, -0.2) is 55.7 Å². The molecule has 0 saturated carbocycles. The largest absolute Gasteiger partial charge is 0.466 e. The van der Waals surface area contributed by atoms with Gasteiger partial charge < -0.3 is 20.1 Å². The van der Waals surface area contributed by atoms with Gasteiger partial charge >= 0.3 is 18.0 Å². The number of piperidine rings is 1. The van der Waals surface area contributed by atoms with Crippen molar-refractivity contribution >= 4 is 18.0 Å². The van der Waals surface area contributed by atoms with Crippen LogP contribution in [0.4, 0.5) is 4.79 Å². The number of amides is 2. The summed E-state index contributed by atoms with van der Waals surface area (Å²) in [6.45, 7) is 5.78. The summed E-state index contributed by atoms with van der Waals surface area (Å²) < 4.78 is 10.5. The van der Waals surface area contributed by atoms with Crippen LogP contribution in [0, 0.1) is 5.92 Å². The number of nitrogens with zero attached hydrogens (tertiary/aromatic N) is 1. The van der Waals surface area contributed by atoms with Gasteiger partial charge in [-0.2, -0.15) is 0 Å². The van der Waals surface area contributed by atoms with Gasteiger partial charge in [0.25, 0.3) is 0 Å². The molecule has 0 aliphatic carbocycles. The molecule has 3 rings (SSSR count). The molecule has 0 radical (unpaired) electrons. The monoisotopic (exact) mass is 415 g/mol. The van der Waals surface area contributed by atoms with E-state index in [2.05, 4.69) is 15.5 Å². The van der Waals surface area contributed by atoms with Crippen LogP contribution in [0.25, 0.3) is 0 Å². The maximum Gasteiger partial charge on any atom is 0.338 e. The molecular formula is C22H29N3O5. The average molecular weight is 415 g/mol. The van der Waals surface area contributed by atoms with Crippen molar-refractivity contribution in [2.24, 2.45) is 5.92 Å². The van der Waals surface area contributed by atoms with Gasteiger partial charge in [-0.3, -0.25) is 9.69 Å². The van der Waals surface area contributed by atoms with E-state index in [0.29, 0.717) is 31.0 Å². The highest BCUT2D eigenvalue weighted by Crippen LogP contribution is 2.29. The van der Waals surface area contributed by atoms with Gasteiger partial charge in [-0.15, -0.1) is 0 Å². The number of nitrogens with one attached hydrogen (secondary N) is 2. The number of esters is 2. The highest BCUT2D eigenvalue weighted by Gasteiger charge is 2.35. The lowest BCUT2D eigenvalue weighted by atomic mass is 9.94. The average Bonchev–Trinajstić information content (AvgIpc) is 2.74. The van der Waals surface area contributed by atoms with Crippen molar-refractivity contribution in [3.63, 3.8) is 0 Å². The topological polar surface area (TPSA) is 97.0 Å². The van der Waals surface area contributed by atoms with Crippen LogP contribution in [0.1, 0.15) is 38.3 Å². The first-order valence-electron chi connectivity index (χ1n) is 10.4. The fourth-order valence-electron chi connectivity index (χ4n) is 3.96. The third-order valence-corrected chi connectivity index (χ3v) is 5.29. The van der Waals surface area contributed by atoms with Crippen molar-refractivity contribution < 1.29 is 23.9 Å². The first kappa shape index (κ1) is 21.8. The first-order valence-corrected chi connectivity index (χ1v) is 10.4. The minimum absolute atomic E-state index is 0.196. The zero-order valence-corrected chi connectivity index (χ0v) is 17.5. The lowest BCUT2D eigenvalue weighted by molar-refractivity contribution is -0.150. The van der Waals surface area contributed by atoms with E-state index in [1.165, 1.54) is 0 Å². The molecule has 2 N–H and O–H groups in total. The summed E-state index contributed by atoms with van der Waals surface area (Å²) in [6, 6.07) is 8.37. The van der Waals surface area contributed by atoms with Gasteiger partial charge in [0, 0.05) is 18.8 Å². The summed E-state index contributed by atoms with van der Waals surface area (Å²) >= 11 is 0. The van der Waals surface area contributed by atoms with E-state index in [0.717, 1.165) is 24.9 Å². The number of carbonyl (C=O) groups is 3. The minimum Gasteiger partial charge on any atom is -0.466 e. The zero-order chi connectivity index (χ0) is 21.5. The number of ether oxygens (including phenoxy) is 2. The molecule has 1 aromatic rings. The third-order valence-electron chi connectivity index (χ3n) is 5.29. The lowest BCUT2D eigenvalue weighted by Gasteiger charge is -2.35.